The summed E-state index contributed by atoms with van der Waals surface area (Å²) in [5.41, 5.74) is 4.95. The van der Waals surface area contributed by atoms with Gasteiger partial charge in [-0.1, -0.05) is 18.2 Å². The van der Waals surface area contributed by atoms with E-state index in [2.05, 4.69) is 15.7 Å². The Kier molecular flexibility index (Phi) is 6.45. The second-order valence-electron chi connectivity index (χ2n) is 5.41. The number of fused-ring (bicyclic) bond motifs is 1. The zero-order valence-corrected chi connectivity index (χ0v) is 14.9. The number of hydrogen-bond donors (Lipinski definition) is 2. The number of hydrazine groups is 1. The van der Waals surface area contributed by atoms with E-state index in [1.807, 2.05) is 31.2 Å². The molecule has 2 rings (SSSR count). The van der Waals surface area contributed by atoms with Gasteiger partial charge in [-0.3, -0.25) is 20.2 Å². The van der Waals surface area contributed by atoms with Gasteiger partial charge < -0.3 is 10.1 Å². The first-order chi connectivity index (χ1) is 11.5. The van der Waals surface area contributed by atoms with Gasteiger partial charge in [0.15, 0.2) is 5.11 Å². The standard InChI is InChI=1S/C17H22N4O2S/c1-12-11-14(13-7-4-5-8-15(13)19-12)16(22)20-21(2)17(24)18-9-6-10-23-3/h4-5,7-8,11H,6,9-10H2,1-3H3,(H,18,24)(H,20,22). The average molecular weight is 346 g/mol. The highest BCUT2D eigenvalue weighted by molar-refractivity contribution is 7.80. The molecule has 1 amide bonds. The molecule has 0 bridgehead atoms. The lowest BCUT2D eigenvalue weighted by molar-refractivity contribution is 0.0888. The number of para-hydroxylation sites is 1. The molecule has 2 N–H and O–H groups in total. The first-order valence-electron chi connectivity index (χ1n) is 7.71. The van der Waals surface area contributed by atoms with E-state index in [0.29, 0.717) is 23.8 Å². The molecule has 1 aromatic heterocycles. The van der Waals surface area contributed by atoms with Crippen LogP contribution in [0.2, 0.25) is 0 Å². The second kappa shape index (κ2) is 8.56. The van der Waals surface area contributed by atoms with Gasteiger partial charge in [0.2, 0.25) is 0 Å². The van der Waals surface area contributed by atoms with Gasteiger partial charge in [0.05, 0.1) is 11.1 Å². The van der Waals surface area contributed by atoms with Crippen molar-refractivity contribution in [3.05, 3.63) is 41.6 Å². The summed E-state index contributed by atoms with van der Waals surface area (Å²) >= 11 is 5.26. The fraction of sp³-hybridized carbons (Fsp3) is 0.353. The maximum atomic E-state index is 12.6. The number of thiocarbonyl (C=S) groups is 1. The molecule has 0 saturated heterocycles. The number of carbonyl (C=O) groups is 1. The molecular formula is C17H22N4O2S. The Balaban J connectivity index is 2.05. The van der Waals surface area contributed by atoms with E-state index in [4.69, 9.17) is 17.0 Å². The lowest BCUT2D eigenvalue weighted by atomic mass is 10.1. The van der Waals surface area contributed by atoms with E-state index in [0.717, 1.165) is 23.0 Å². The van der Waals surface area contributed by atoms with Gasteiger partial charge in [-0.05, 0) is 37.7 Å². The molecule has 0 aliphatic rings. The van der Waals surface area contributed by atoms with Crippen molar-refractivity contribution in [2.75, 3.05) is 27.3 Å². The summed E-state index contributed by atoms with van der Waals surface area (Å²) in [7, 11) is 3.37. The van der Waals surface area contributed by atoms with Crippen molar-refractivity contribution in [2.45, 2.75) is 13.3 Å². The number of hydrogen-bond acceptors (Lipinski definition) is 4. The SMILES string of the molecule is COCCCNC(=S)N(C)NC(=O)c1cc(C)nc2ccccc12. The number of nitrogens with one attached hydrogen (secondary N) is 2. The van der Waals surface area contributed by atoms with Gasteiger partial charge in [-0.25, -0.2) is 0 Å². The maximum Gasteiger partial charge on any atom is 0.270 e. The van der Waals surface area contributed by atoms with Crippen molar-refractivity contribution < 1.29 is 9.53 Å². The van der Waals surface area contributed by atoms with Crippen LogP contribution < -0.4 is 10.7 Å². The molecule has 1 heterocycles. The van der Waals surface area contributed by atoms with Crippen LogP contribution >= 0.6 is 12.2 Å². The van der Waals surface area contributed by atoms with E-state index >= 15 is 0 Å². The summed E-state index contributed by atoms with van der Waals surface area (Å²) in [5.74, 6) is -0.222. The third-order valence-electron chi connectivity index (χ3n) is 3.46. The van der Waals surface area contributed by atoms with Crippen molar-refractivity contribution in [1.82, 2.24) is 20.7 Å². The third-order valence-corrected chi connectivity index (χ3v) is 3.88. The third kappa shape index (κ3) is 4.62. The van der Waals surface area contributed by atoms with Crippen LogP contribution in [0, 0.1) is 6.92 Å². The number of benzene rings is 1. The van der Waals surface area contributed by atoms with Crippen LogP contribution in [0.1, 0.15) is 22.5 Å². The van der Waals surface area contributed by atoms with E-state index in [9.17, 15) is 4.79 Å². The first-order valence-corrected chi connectivity index (χ1v) is 8.11. The predicted octanol–water partition coefficient (Wildman–Crippen LogP) is 2.03. The van der Waals surface area contributed by atoms with Crippen molar-refractivity contribution >= 4 is 34.1 Å². The van der Waals surface area contributed by atoms with Gasteiger partial charge in [0.25, 0.3) is 5.91 Å². The summed E-state index contributed by atoms with van der Waals surface area (Å²) in [6.07, 6.45) is 0.840. The van der Waals surface area contributed by atoms with Crippen LogP contribution in [0.4, 0.5) is 0 Å². The number of methoxy groups -OCH3 is 1. The van der Waals surface area contributed by atoms with Gasteiger partial charge >= 0.3 is 0 Å². The highest BCUT2D eigenvalue weighted by Gasteiger charge is 2.14. The van der Waals surface area contributed by atoms with Crippen LogP contribution in [0.3, 0.4) is 0 Å². The monoisotopic (exact) mass is 346 g/mol. The number of carbonyl (C=O) groups excluding carboxylic acids is 1. The topological polar surface area (TPSA) is 66.5 Å². The molecule has 0 aliphatic carbocycles. The van der Waals surface area contributed by atoms with Crippen LogP contribution in [0.5, 0.6) is 0 Å². The molecule has 0 aliphatic heterocycles. The van der Waals surface area contributed by atoms with Crippen LogP contribution in [0.25, 0.3) is 10.9 Å². The minimum absolute atomic E-state index is 0.222. The Morgan fingerprint density at radius 2 is 2.12 bits per heavy atom. The smallest absolute Gasteiger partial charge is 0.270 e. The van der Waals surface area contributed by atoms with Crippen LogP contribution in [0.15, 0.2) is 30.3 Å². The Bertz CT molecular complexity index is 736. The molecule has 0 spiro atoms. The van der Waals surface area contributed by atoms with E-state index in [1.165, 1.54) is 5.01 Å². The minimum Gasteiger partial charge on any atom is -0.385 e. The number of aromatic nitrogens is 1. The zero-order valence-electron chi connectivity index (χ0n) is 14.1. The molecule has 7 heteroatoms. The average Bonchev–Trinajstić information content (AvgIpc) is 2.57. The number of nitrogens with zero attached hydrogens (tertiary/aromatic N) is 2. The van der Waals surface area contributed by atoms with Gasteiger partial charge in [-0.2, -0.15) is 0 Å². The van der Waals surface area contributed by atoms with Crippen LogP contribution in [-0.4, -0.2) is 48.3 Å². The Morgan fingerprint density at radius 1 is 1.38 bits per heavy atom. The normalized spacial score (nSPS) is 10.5. The molecular weight excluding hydrogens is 324 g/mol. The first kappa shape index (κ1) is 18.1. The van der Waals surface area contributed by atoms with E-state index in [1.54, 1.807) is 20.2 Å². The number of amides is 1. The summed E-state index contributed by atoms with van der Waals surface area (Å²) in [6, 6.07) is 9.35. The van der Waals surface area contributed by atoms with Crippen molar-refractivity contribution in [2.24, 2.45) is 0 Å². The maximum absolute atomic E-state index is 12.6. The van der Waals surface area contributed by atoms with Gasteiger partial charge in [-0.15, -0.1) is 0 Å². The Morgan fingerprint density at radius 3 is 2.88 bits per heavy atom. The molecule has 24 heavy (non-hydrogen) atoms. The lowest BCUT2D eigenvalue weighted by Crippen LogP contribution is -2.48. The largest absolute Gasteiger partial charge is 0.385 e. The molecule has 0 fully saturated rings. The molecule has 0 atom stereocenters. The second-order valence-corrected chi connectivity index (χ2v) is 5.79. The van der Waals surface area contributed by atoms with Crippen molar-refractivity contribution in [3.63, 3.8) is 0 Å². The Hall–Kier alpha value is -2.25. The summed E-state index contributed by atoms with van der Waals surface area (Å²) in [5, 5.41) is 5.85. The summed E-state index contributed by atoms with van der Waals surface area (Å²) in [6.45, 7) is 3.22. The minimum atomic E-state index is -0.222. The molecule has 0 unspecified atom stereocenters. The molecule has 128 valence electrons. The number of ether oxygens (including phenoxy) is 1. The quantitative estimate of drug-likeness (QED) is 0.491. The molecule has 1 aromatic carbocycles. The molecule has 6 nitrogen and oxygen atoms in total. The Labute approximate surface area is 147 Å². The van der Waals surface area contributed by atoms with Gasteiger partial charge in [0, 0.05) is 38.4 Å². The van der Waals surface area contributed by atoms with Gasteiger partial charge in [0.1, 0.15) is 0 Å². The lowest BCUT2D eigenvalue weighted by Gasteiger charge is -2.22. The molecule has 0 radical (unpaired) electrons. The fourth-order valence-corrected chi connectivity index (χ4v) is 2.44. The van der Waals surface area contributed by atoms with E-state index < -0.39 is 0 Å². The highest BCUT2D eigenvalue weighted by Crippen LogP contribution is 2.18. The van der Waals surface area contributed by atoms with Crippen molar-refractivity contribution in [1.29, 1.82) is 0 Å². The number of rotatable bonds is 5. The molecule has 0 saturated carbocycles. The van der Waals surface area contributed by atoms with Crippen LogP contribution in [-0.2, 0) is 4.74 Å². The summed E-state index contributed by atoms with van der Waals surface area (Å²) < 4.78 is 4.99. The predicted molar refractivity (Wildman–Crippen MR) is 98.8 cm³/mol. The van der Waals surface area contributed by atoms with Crippen molar-refractivity contribution in [3.8, 4) is 0 Å². The van der Waals surface area contributed by atoms with E-state index in [-0.39, 0.29) is 5.91 Å². The molecule has 2 aromatic rings. The number of aryl methyl sites for hydroxylation is 1. The summed E-state index contributed by atoms with van der Waals surface area (Å²) in [4.78, 5) is 17.1. The highest BCUT2D eigenvalue weighted by atomic mass is 32.1. The zero-order chi connectivity index (χ0) is 17.5. The number of pyridine rings is 1. The fourth-order valence-electron chi connectivity index (χ4n) is 2.29.